The van der Waals surface area contributed by atoms with Gasteiger partial charge in [0, 0.05) is 0 Å². The predicted molar refractivity (Wildman–Crippen MR) is 45.9 cm³/mol. The molecular formula is C8H12F3O3Si. The first kappa shape index (κ1) is 13.0. The fraction of sp³-hybridized carbons (Fsp3) is 1.00. The third kappa shape index (κ3) is 3.75. The minimum Gasteiger partial charge on any atom is -0.411 e. The number of rotatable bonds is 2. The summed E-state index contributed by atoms with van der Waals surface area (Å²) >= 11 is 0. The van der Waals surface area contributed by atoms with Crippen molar-refractivity contribution in [1.29, 1.82) is 0 Å². The summed E-state index contributed by atoms with van der Waals surface area (Å²) in [6, 6.07) is 0. The van der Waals surface area contributed by atoms with E-state index in [2.05, 4.69) is 15.2 Å². The molecule has 0 spiro atoms. The van der Waals surface area contributed by atoms with E-state index in [1.807, 2.05) is 6.92 Å². The van der Waals surface area contributed by atoms with Gasteiger partial charge in [0.1, 0.15) is 0 Å². The zero-order chi connectivity index (χ0) is 11.6. The van der Waals surface area contributed by atoms with Crippen molar-refractivity contribution in [3.63, 3.8) is 0 Å². The molecule has 15 heavy (non-hydrogen) atoms. The highest BCUT2D eigenvalue weighted by molar-refractivity contribution is 5.98. The average Bonchev–Trinajstić information content (AvgIpc) is 2.08. The summed E-state index contributed by atoms with van der Waals surface area (Å²) in [7, 11) is 2.73. The van der Waals surface area contributed by atoms with E-state index in [1.165, 1.54) is 0 Å². The van der Waals surface area contributed by atoms with E-state index in [1.54, 1.807) is 6.92 Å². The average molecular weight is 241 g/mol. The van der Waals surface area contributed by atoms with Crippen molar-refractivity contribution in [2.24, 2.45) is 5.92 Å². The standard InChI is InChI=1S/C8H12F3O3Si/c1-4-3-6(14-15)7(12-5(4)2)13-8(9,10)11/h4-7H,3H2,1-2H3/t4-,5+,6+,7-/m0/s1. The molecule has 0 bridgehead atoms. The van der Waals surface area contributed by atoms with Crippen LogP contribution < -0.4 is 0 Å². The second-order valence-corrected chi connectivity index (χ2v) is 3.88. The highest BCUT2D eigenvalue weighted by Crippen LogP contribution is 2.31. The summed E-state index contributed by atoms with van der Waals surface area (Å²) in [6.45, 7) is 3.59. The van der Waals surface area contributed by atoms with Crippen LogP contribution in [0.4, 0.5) is 13.2 Å². The normalized spacial score (nSPS) is 38.0. The topological polar surface area (TPSA) is 27.7 Å². The first-order valence-electron chi connectivity index (χ1n) is 4.56. The Bertz CT molecular complexity index is 212. The summed E-state index contributed by atoms with van der Waals surface area (Å²) < 4.78 is 49.6. The number of hydrogen-bond acceptors (Lipinski definition) is 3. The quantitative estimate of drug-likeness (QED) is 0.689. The molecule has 3 radical (unpaired) electrons. The number of alkyl halides is 3. The van der Waals surface area contributed by atoms with E-state index in [-0.39, 0.29) is 12.0 Å². The minimum atomic E-state index is -4.71. The molecule has 0 N–H and O–H groups in total. The number of hydrogen-bond donors (Lipinski definition) is 0. The largest absolute Gasteiger partial charge is 0.524 e. The first-order valence-corrected chi connectivity index (χ1v) is 4.96. The summed E-state index contributed by atoms with van der Waals surface area (Å²) in [4.78, 5) is 0. The number of ether oxygens (including phenoxy) is 2. The Morgan fingerprint density at radius 1 is 1.33 bits per heavy atom. The summed E-state index contributed by atoms with van der Waals surface area (Å²) in [6.07, 6.45) is -6.71. The van der Waals surface area contributed by atoms with E-state index in [0.29, 0.717) is 6.42 Å². The van der Waals surface area contributed by atoms with Crippen LogP contribution in [0.25, 0.3) is 0 Å². The Hall–Kier alpha value is -0.113. The van der Waals surface area contributed by atoms with Gasteiger partial charge in [-0.1, -0.05) is 6.92 Å². The molecular weight excluding hydrogens is 229 g/mol. The smallest absolute Gasteiger partial charge is 0.411 e. The van der Waals surface area contributed by atoms with Crippen LogP contribution in [0.3, 0.4) is 0 Å². The Morgan fingerprint density at radius 2 is 1.93 bits per heavy atom. The molecule has 1 heterocycles. The lowest BCUT2D eigenvalue weighted by Gasteiger charge is -2.38. The van der Waals surface area contributed by atoms with Crippen LogP contribution in [0.5, 0.6) is 0 Å². The molecule has 7 heteroatoms. The van der Waals surface area contributed by atoms with Crippen LogP contribution in [0.2, 0.25) is 0 Å². The number of halogens is 3. The lowest BCUT2D eigenvalue weighted by atomic mass is 9.95. The summed E-state index contributed by atoms with van der Waals surface area (Å²) in [5.41, 5.74) is 0. The molecule has 0 aliphatic carbocycles. The third-order valence-electron chi connectivity index (χ3n) is 2.46. The van der Waals surface area contributed by atoms with Crippen LogP contribution >= 0.6 is 0 Å². The molecule has 1 aliphatic heterocycles. The van der Waals surface area contributed by atoms with E-state index >= 15 is 0 Å². The molecule has 0 aromatic heterocycles. The minimum absolute atomic E-state index is 0.124. The lowest BCUT2D eigenvalue weighted by Crippen LogP contribution is -2.46. The van der Waals surface area contributed by atoms with Crippen molar-refractivity contribution in [2.45, 2.75) is 45.1 Å². The Kier molecular flexibility index (Phi) is 4.16. The van der Waals surface area contributed by atoms with E-state index in [0.717, 1.165) is 0 Å². The summed E-state index contributed by atoms with van der Waals surface area (Å²) in [5, 5.41) is 0. The molecule has 1 aliphatic rings. The van der Waals surface area contributed by atoms with Crippen LogP contribution in [0.1, 0.15) is 20.3 Å². The molecule has 0 aromatic carbocycles. The molecule has 0 amide bonds. The van der Waals surface area contributed by atoms with Crippen LogP contribution in [-0.4, -0.2) is 35.3 Å². The van der Waals surface area contributed by atoms with Crippen LogP contribution in [0.15, 0.2) is 0 Å². The Labute approximate surface area is 89.4 Å². The van der Waals surface area contributed by atoms with Crippen LogP contribution in [-0.2, 0) is 13.9 Å². The Balaban J connectivity index is 2.61. The fourth-order valence-electron chi connectivity index (χ4n) is 1.44. The molecule has 0 unspecified atom stereocenters. The molecule has 3 nitrogen and oxygen atoms in total. The fourth-order valence-corrected chi connectivity index (χ4v) is 1.65. The van der Waals surface area contributed by atoms with Gasteiger partial charge in [0.25, 0.3) is 0 Å². The monoisotopic (exact) mass is 241 g/mol. The SMILES string of the molecule is C[C@H]1C[C@@H](O[Si])[C@H](OC(F)(F)F)O[C@@H]1C. The molecule has 1 rings (SSSR count). The summed E-state index contributed by atoms with van der Waals surface area (Å²) in [5.74, 6) is 0.124. The van der Waals surface area contributed by atoms with E-state index in [4.69, 9.17) is 9.16 Å². The predicted octanol–water partition coefficient (Wildman–Crippen LogP) is 1.76. The lowest BCUT2D eigenvalue weighted by molar-refractivity contribution is -0.402. The van der Waals surface area contributed by atoms with Crippen LogP contribution in [0, 0.1) is 5.92 Å². The van der Waals surface area contributed by atoms with Gasteiger partial charge in [0.2, 0.25) is 10.5 Å². The van der Waals surface area contributed by atoms with Crippen molar-refractivity contribution in [3.05, 3.63) is 0 Å². The van der Waals surface area contributed by atoms with Gasteiger partial charge in [-0.15, -0.1) is 13.2 Å². The van der Waals surface area contributed by atoms with Gasteiger partial charge in [0.15, 0.2) is 6.29 Å². The van der Waals surface area contributed by atoms with Crippen molar-refractivity contribution in [1.82, 2.24) is 0 Å². The molecule has 1 fully saturated rings. The van der Waals surface area contributed by atoms with Crippen molar-refractivity contribution in [2.75, 3.05) is 0 Å². The molecule has 87 valence electrons. The van der Waals surface area contributed by atoms with Crippen molar-refractivity contribution < 1.29 is 27.1 Å². The second-order valence-electron chi connectivity index (χ2n) is 3.64. The zero-order valence-corrected chi connectivity index (χ0v) is 9.38. The highest BCUT2D eigenvalue weighted by atomic mass is 28.2. The van der Waals surface area contributed by atoms with Gasteiger partial charge in [0.05, 0.1) is 12.2 Å². The molecule has 0 saturated carbocycles. The van der Waals surface area contributed by atoms with Gasteiger partial charge in [-0.05, 0) is 19.3 Å². The third-order valence-corrected chi connectivity index (χ3v) is 2.76. The molecule has 4 atom stereocenters. The Morgan fingerprint density at radius 3 is 2.40 bits per heavy atom. The maximum atomic E-state index is 12.0. The van der Waals surface area contributed by atoms with Crippen molar-refractivity contribution in [3.8, 4) is 0 Å². The van der Waals surface area contributed by atoms with Gasteiger partial charge in [-0.2, -0.15) is 0 Å². The first-order chi connectivity index (χ1) is 6.83. The maximum absolute atomic E-state index is 12.0. The van der Waals surface area contributed by atoms with Gasteiger partial charge >= 0.3 is 6.36 Å². The van der Waals surface area contributed by atoms with E-state index in [9.17, 15) is 13.2 Å². The van der Waals surface area contributed by atoms with Gasteiger partial charge in [-0.3, -0.25) is 4.74 Å². The zero-order valence-electron chi connectivity index (χ0n) is 8.38. The molecule has 1 saturated heterocycles. The second kappa shape index (κ2) is 4.81. The van der Waals surface area contributed by atoms with Gasteiger partial charge in [-0.25, -0.2) is 0 Å². The van der Waals surface area contributed by atoms with Gasteiger partial charge < -0.3 is 9.16 Å². The molecule has 0 aromatic rings. The van der Waals surface area contributed by atoms with Crippen molar-refractivity contribution >= 4 is 10.5 Å². The van der Waals surface area contributed by atoms with E-state index < -0.39 is 18.8 Å². The maximum Gasteiger partial charge on any atom is 0.524 e. The highest BCUT2D eigenvalue weighted by Gasteiger charge is 2.42.